The average molecular weight is 416 g/mol. The summed E-state index contributed by atoms with van der Waals surface area (Å²) < 4.78 is 23.7. The summed E-state index contributed by atoms with van der Waals surface area (Å²) in [6.07, 6.45) is 0.510. The van der Waals surface area contributed by atoms with Crippen molar-refractivity contribution in [3.8, 4) is 0 Å². The zero-order valence-corrected chi connectivity index (χ0v) is 16.6. The Morgan fingerprint density at radius 1 is 1.28 bits per heavy atom. The van der Waals surface area contributed by atoms with E-state index in [-0.39, 0.29) is 29.2 Å². The van der Waals surface area contributed by atoms with E-state index in [1.807, 2.05) is 35.7 Å². The van der Waals surface area contributed by atoms with Gasteiger partial charge in [0, 0.05) is 15.8 Å². The number of halogens is 1. The SMILES string of the molecule is O=C(CSc1ccccc1Cl)N(Cc1cccs1)C1CCS(=O)(=O)C1. The van der Waals surface area contributed by atoms with Crippen LogP contribution in [0.4, 0.5) is 0 Å². The van der Waals surface area contributed by atoms with E-state index in [0.717, 1.165) is 9.77 Å². The van der Waals surface area contributed by atoms with Gasteiger partial charge in [0.2, 0.25) is 5.91 Å². The van der Waals surface area contributed by atoms with Crippen LogP contribution in [0.15, 0.2) is 46.7 Å². The molecule has 2 aromatic rings. The summed E-state index contributed by atoms with van der Waals surface area (Å²) in [5, 5.41) is 2.58. The number of thiophene rings is 1. The lowest BCUT2D eigenvalue weighted by Gasteiger charge is -2.28. The van der Waals surface area contributed by atoms with E-state index in [1.165, 1.54) is 11.8 Å². The molecule has 1 aliphatic rings. The normalized spacial score (nSPS) is 19.0. The largest absolute Gasteiger partial charge is 0.333 e. The molecule has 0 spiro atoms. The van der Waals surface area contributed by atoms with Gasteiger partial charge in [-0.2, -0.15) is 0 Å². The Labute approximate surface area is 161 Å². The van der Waals surface area contributed by atoms with Crippen molar-refractivity contribution in [2.24, 2.45) is 0 Å². The molecule has 8 heteroatoms. The van der Waals surface area contributed by atoms with Crippen molar-refractivity contribution < 1.29 is 13.2 Å². The minimum Gasteiger partial charge on any atom is -0.333 e. The van der Waals surface area contributed by atoms with Gasteiger partial charge in [-0.3, -0.25) is 4.79 Å². The second-order valence-electron chi connectivity index (χ2n) is 5.88. The molecule has 1 atom stereocenters. The molecule has 0 saturated carbocycles. The van der Waals surface area contributed by atoms with Crippen LogP contribution in [0.25, 0.3) is 0 Å². The number of rotatable bonds is 6. The molecule has 25 heavy (non-hydrogen) atoms. The van der Waals surface area contributed by atoms with Gasteiger partial charge < -0.3 is 4.90 Å². The van der Waals surface area contributed by atoms with E-state index in [0.29, 0.717) is 18.0 Å². The molecular formula is C17H18ClNO3S3. The van der Waals surface area contributed by atoms with E-state index in [4.69, 9.17) is 11.6 Å². The molecule has 3 rings (SSSR count). The Morgan fingerprint density at radius 3 is 2.72 bits per heavy atom. The Balaban J connectivity index is 1.71. The Kier molecular flexibility index (Phi) is 6.09. The first-order valence-corrected chi connectivity index (χ1v) is 11.9. The number of sulfone groups is 1. The summed E-state index contributed by atoms with van der Waals surface area (Å²) in [5.74, 6) is 0.399. The first kappa shape index (κ1) is 18.8. The van der Waals surface area contributed by atoms with Crippen LogP contribution in [0.5, 0.6) is 0 Å². The van der Waals surface area contributed by atoms with Gasteiger partial charge in [0.25, 0.3) is 0 Å². The first-order valence-electron chi connectivity index (χ1n) is 7.84. The summed E-state index contributed by atoms with van der Waals surface area (Å²) >= 11 is 9.10. The molecular weight excluding hydrogens is 398 g/mol. The lowest BCUT2D eigenvalue weighted by atomic mass is 10.2. The number of nitrogens with zero attached hydrogens (tertiary/aromatic N) is 1. The highest BCUT2D eigenvalue weighted by Gasteiger charge is 2.34. The molecule has 4 nitrogen and oxygen atoms in total. The molecule has 1 amide bonds. The zero-order chi connectivity index (χ0) is 17.9. The summed E-state index contributed by atoms with van der Waals surface area (Å²) in [5.41, 5.74) is 0. The number of hydrogen-bond acceptors (Lipinski definition) is 5. The highest BCUT2D eigenvalue weighted by atomic mass is 35.5. The zero-order valence-electron chi connectivity index (χ0n) is 13.4. The van der Waals surface area contributed by atoms with E-state index < -0.39 is 9.84 Å². The molecule has 1 aromatic heterocycles. The van der Waals surface area contributed by atoms with E-state index in [2.05, 4.69) is 0 Å². The van der Waals surface area contributed by atoms with Crippen molar-refractivity contribution in [2.75, 3.05) is 17.3 Å². The second-order valence-corrected chi connectivity index (χ2v) is 10.6. The fourth-order valence-corrected chi connectivity index (χ4v) is 6.36. The van der Waals surface area contributed by atoms with Crippen molar-refractivity contribution in [3.05, 3.63) is 51.7 Å². The summed E-state index contributed by atoms with van der Waals surface area (Å²) in [6.45, 7) is 0.458. The summed E-state index contributed by atoms with van der Waals surface area (Å²) in [6, 6.07) is 11.1. The van der Waals surface area contributed by atoms with Crippen LogP contribution < -0.4 is 0 Å². The Bertz CT molecular complexity index is 837. The van der Waals surface area contributed by atoms with Gasteiger partial charge in [-0.15, -0.1) is 23.1 Å². The predicted molar refractivity (Wildman–Crippen MR) is 104 cm³/mol. The molecule has 1 unspecified atom stereocenters. The van der Waals surface area contributed by atoms with Gasteiger partial charge in [-0.1, -0.05) is 29.8 Å². The van der Waals surface area contributed by atoms with E-state index in [9.17, 15) is 13.2 Å². The molecule has 1 saturated heterocycles. The Morgan fingerprint density at radius 2 is 2.08 bits per heavy atom. The van der Waals surface area contributed by atoms with Crippen molar-refractivity contribution in [3.63, 3.8) is 0 Å². The van der Waals surface area contributed by atoms with Crippen molar-refractivity contribution >= 4 is 50.4 Å². The van der Waals surface area contributed by atoms with E-state index >= 15 is 0 Å². The van der Waals surface area contributed by atoms with Gasteiger partial charge in [0.05, 0.1) is 28.8 Å². The quantitative estimate of drug-likeness (QED) is 0.675. The third kappa shape index (κ3) is 5.00. The predicted octanol–water partition coefficient (Wildman–Crippen LogP) is 3.71. The summed E-state index contributed by atoms with van der Waals surface area (Å²) in [7, 11) is -3.05. The van der Waals surface area contributed by atoms with E-state index in [1.54, 1.807) is 22.3 Å². The maximum absolute atomic E-state index is 12.8. The van der Waals surface area contributed by atoms with Crippen LogP contribution in [-0.2, 0) is 21.2 Å². The van der Waals surface area contributed by atoms with Crippen LogP contribution in [0.3, 0.4) is 0 Å². The lowest BCUT2D eigenvalue weighted by Crippen LogP contribution is -2.41. The molecule has 1 aromatic carbocycles. The molecule has 0 aliphatic carbocycles. The fourth-order valence-electron chi connectivity index (χ4n) is 2.80. The van der Waals surface area contributed by atoms with Gasteiger partial charge in [-0.25, -0.2) is 8.42 Å². The first-order chi connectivity index (χ1) is 11.9. The van der Waals surface area contributed by atoms with Crippen LogP contribution in [0.1, 0.15) is 11.3 Å². The molecule has 2 heterocycles. The summed E-state index contributed by atoms with van der Waals surface area (Å²) in [4.78, 5) is 16.5. The van der Waals surface area contributed by atoms with Gasteiger partial charge in [0.1, 0.15) is 0 Å². The van der Waals surface area contributed by atoms with Crippen molar-refractivity contribution in [1.82, 2.24) is 4.90 Å². The number of hydrogen-bond donors (Lipinski definition) is 0. The molecule has 0 N–H and O–H groups in total. The molecule has 1 fully saturated rings. The van der Waals surface area contributed by atoms with Crippen molar-refractivity contribution in [1.29, 1.82) is 0 Å². The van der Waals surface area contributed by atoms with Crippen molar-refractivity contribution in [2.45, 2.75) is 23.9 Å². The van der Waals surface area contributed by atoms with Gasteiger partial charge >= 0.3 is 0 Å². The molecule has 1 aliphatic heterocycles. The maximum atomic E-state index is 12.8. The van der Waals surface area contributed by atoms with Crippen LogP contribution in [0, 0.1) is 0 Å². The fraction of sp³-hybridized carbons (Fsp3) is 0.353. The highest BCUT2D eigenvalue weighted by Crippen LogP contribution is 2.28. The van der Waals surface area contributed by atoms with Gasteiger partial charge in [0.15, 0.2) is 9.84 Å². The standard InChI is InChI=1S/C17H18ClNO3S3/c18-15-5-1-2-6-16(15)24-11-17(20)19(10-14-4-3-8-23-14)13-7-9-25(21,22)12-13/h1-6,8,13H,7,9-12H2. The number of amides is 1. The smallest absolute Gasteiger partial charge is 0.233 e. The third-order valence-corrected chi connectivity index (χ3v) is 8.18. The van der Waals surface area contributed by atoms with Crippen LogP contribution in [0.2, 0.25) is 5.02 Å². The highest BCUT2D eigenvalue weighted by molar-refractivity contribution is 8.00. The van der Waals surface area contributed by atoms with Gasteiger partial charge in [-0.05, 0) is 30.0 Å². The monoisotopic (exact) mass is 415 g/mol. The average Bonchev–Trinajstić information content (AvgIpc) is 3.20. The number of carbonyl (C=O) groups is 1. The molecule has 0 bridgehead atoms. The lowest BCUT2D eigenvalue weighted by molar-refractivity contribution is -0.130. The van der Waals surface area contributed by atoms with Crippen LogP contribution in [-0.4, -0.2) is 42.5 Å². The number of benzene rings is 1. The maximum Gasteiger partial charge on any atom is 0.233 e. The van der Waals surface area contributed by atoms with Crippen LogP contribution >= 0.6 is 34.7 Å². The molecule has 0 radical (unpaired) electrons. The topological polar surface area (TPSA) is 54.5 Å². The third-order valence-electron chi connectivity index (χ3n) is 4.06. The molecule has 134 valence electrons. The number of thioether (sulfide) groups is 1. The Hall–Kier alpha value is -1.02. The number of carbonyl (C=O) groups excluding carboxylic acids is 1. The minimum absolute atomic E-state index is 0.0552. The second kappa shape index (κ2) is 8.12. The minimum atomic E-state index is -3.05.